The maximum Gasteiger partial charge on any atom is 0.289 e. The number of oxime groups is 1. The number of methoxy groups -OCH3 is 1. The number of nitrogens with zero attached hydrogens (tertiary/aromatic N) is 4. The molecule has 0 spiro atoms. The number of carbonyl (C=O) groups is 1. The lowest BCUT2D eigenvalue weighted by atomic mass is 10.2. The van der Waals surface area contributed by atoms with E-state index in [9.17, 15) is 4.79 Å². The van der Waals surface area contributed by atoms with Gasteiger partial charge in [0.25, 0.3) is 5.91 Å². The van der Waals surface area contributed by atoms with Gasteiger partial charge in [-0.3, -0.25) is 10.2 Å². The molecule has 0 unspecified atom stereocenters. The van der Waals surface area contributed by atoms with E-state index in [1.807, 2.05) is 37.3 Å². The Kier molecular flexibility index (Phi) is 10.4. The van der Waals surface area contributed by atoms with Crippen molar-refractivity contribution in [2.75, 3.05) is 20.3 Å². The first-order valence-electron chi connectivity index (χ1n) is 9.79. The molecule has 0 aromatic heterocycles. The van der Waals surface area contributed by atoms with Crippen LogP contribution in [0.25, 0.3) is 6.08 Å². The topological polar surface area (TPSA) is 170 Å². The summed E-state index contributed by atoms with van der Waals surface area (Å²) in [7, 11) is 1.56. The number of hydrogen-bond donors (Lipinski definition) is 4. The molecule has 0 saturated heterocycles. The number of nitrogens with two attached hydrogens (primary N) is 2. The summed E-state index contributed by atoms with van der Waals surface area (Å²) in [6.45, 7) is 2.28. The number of amides is 1. The maximum atomic E-state index is 12.7. The first-order chi connectivity index (χ1) is 16.1. The molecule has 2 rings (SSSR count). The van der Waals surface area contributed by atoms with E-state index in [0.29, 0.717) is 23.7 Å². The lowest BCUT2D eigenvalue weighted by Crippen LogP contribution is -2.26. The lowest BCUT2D eigenvalue weighted by Gasteiger charge is -2.09. The highest BCUT2D eigenvalue weighted by Gasteiger charge is 2.09. The van der Waals surface area contributed by atoms with Crippen LogP contribution >= 0.6 is 0 Å². The van der Waals surface area contributed by atoms with Crippen LogP contribution in [0.15, 0.2) is 74.8 Å². The highest BCUT2D eigenvalue weighted by atomic mass is 16.7. The summed E-state index contributed by atoms with van der Waals surface area (Å²) in [5.41, 5.74) is 12.1. The Hall–Kier alpha value is -4.45. The molecular weight excluding hydrogens is 428 g/mol. The molecule has 0 aliphatic heterocycles. The zero-order chi connectivity index (χ0) is 23.9. The molecule has 1 amide bonds. The Morgan fingerprint density at radius 2 is 1.88 bits per heavy atom. The number of carbonyl (C=O) groups excluding carboxylic acids is 1. The average molecular weight is 454 g/mol. The van der Waals surface area contributed by atoms with E-state index in [-0.39, 0.29) is 18.1 Å². The SMILES string of the molecule is CCOc1cc(/C=N/NC(=O)/C(=C\c2ccccc2)NN=NC/C(N)=N\ON)ccc1OC. The van der Waals surface area contributed by atoms with Crippen molar-refractivity contribution >= 4 is 24.0 Å². The van der Waals surface area contributed by atoms with Crippen LogP contribution in [0.4, 0.5) is 0 Å². The Balaban J connectivity index is 2.11. The molecule has 0 atom stereocenters. The molecule has 0 saturated carbocycles. The smallest absolute Gasteiger partial charge is 0.289 e. The average Bonchev–Trinajstić information content (AvgIpc) is 2.82. The lowest BCUT2D eigenvalue weighted by molar-refractivity contribution is -0.117. The zero-order valence-electron chi connectivity index (χ0n) is 18.3. The predicted molar refractivity (Wildman–Crippen MR) is 124 cm³/mol. The molecule has 0 bridgehead atoms. The summed E-state index contributed by atoms with van der Waals surface area (Å²) in [6, 6.07) is 14.5. The Bertz CT molecular complexity index is 1020. The number of benzene rings is 2. The number of rotatable bonds is 12. The van der Waals surface area contributed by atoms with Crippen molar-refractivity contribution in [2.45, 2.75) is 6.92 Å². The predicted octanol–water partition coefficient (Wildman–Crippen LogP) is 1.70. The second-order valence-corrected chi connectivity index (χ2v) is 6.21. The second-order valence-electron chi connectivity index (χ2n) is 6.21. The van der Waals surface area contributed by atoms with Crippen LogP contribution in [-0.2, 0) is 9.73 Å². The Labute approximate surface area is 190 Å². The number of nitrogens with one attached hydrogen (secondary N) is 2. The van der Waals surface area contributed by atoms with Gasteiger partial charge in [-0.05, 0) is 47.5 Å². The quantitative estimate of drug-likeness (QED) is 0.124. The van der Waals surface area contributed by atoms with Gasteiger partial charge in [-0.1, -0.05) is 35.6 Å². The van der Waals surface area contributed by atoms with Crippen LogP contribution in [-0.4, -0.2) is 38.2 Å². The van der Waals surface area contributed by atoms with Crippen LogP contribution in [0.3, 0.4) is 0 Å². The fourth-order valence-corrected chi connectivity index (χ4v) is 2.43. The summed E-state index contributed by atoms with van der Waals surface area (Å²) >= 11 is 0. The van der Waals surface area contributed by atoms with Crippen molar-refractivity contribution in [1.29, 1.82) is 0 Å². The highest BCUT2D eigenvalue weighted by molar-refractivity contribution is 5.97. The minimum atomic E-state index is -0.542. The molecule has 6 N–H and O–H groups in total. The molecular formula is C21H26N8O4. The van der Waals surface area contributed by atoms with Gasteiger partial charge in [-0.25, -0.2) is 5.43 Å². The van der Waals surface area contributed by atoms with Gasteiger partial charge in [0.15, 0.2) is 17.3 Å². The number of ether oxygens (including phenoxy) is 2. The third-order valence-electron chi connectivity index (χ3n) is 3.87. The van der Waals surface area contributed by atoms with Crippen LogP contribution in [0, 0.1) is 0 Å². The van der Waals surface area contributed by atoms with E-state index in [0.717, 1.165) is 5.56 Å². The van der Waals surface area contributed by atoms with Gasteiger partial charge in [-0.15, -0.1) is 5.90 Å². The highest BCUT2D eigenvalue weighted by Crippen LogP contribution is 2.27. The zero-order valence-corrected chi connectivity index (χ0v) is 18.3. The third kappa shape index (κ3) is 8.67. The Morgan fingerprint density at radius 3 is 2.58 bits per heavy atom. The van der Waals surface area contributed by atoms with Crippen molar-refractivity contribution in [3.8, 4) is 11.5 Å². The van der Waals surface area contributed by atoms with E-state index >= 15 is 0 Å². The molecule has 12 nitrogen and oxygen atoms in total. The molecule has 2 aromatic carbocycles. The third-order valence-corrected chi connectivity index (χ3v) is 3.87. The summed E-state index contributed by atoms with van der Waals surface area (Å²) in [4.78, 5) is 16.7. The fourth-order valence-electron chi connectivity index (χ4n) is 2.43. The second kappa shape index (κ2) is 13.8. The minimum absolute atomic E-state index is 0.0107. The van der Waals surface area contributed by atoms with E-state index in [1.54, 1.807) is 31.4 Å². The van der Waals surface area contributed by atoms with E-state index in [4.69, 9.17) is 21.1 Å². The molecule has 2 aromatic rings. The molecule has 0 radical (unpaired) electrons. The standard InChI is InChI=1S/C21H26N8O4/c1-3-32-19-12-16(9-10-18(19)31-2)13-24-27-21(30)17(11-15-7-5-4-6-8-15)26-29-25-14-20(22)28-33-23/h4-13H,3,14,23H2,1-2H3,(H2,22,28)(H,25,26)(H,27,30)/b17-11+,24-13+. The van der Waals surface area contributed by atoms with Crippen molar-refractivity contribution in [1.82, 2.24) is 10.9 Å². The van der Waals surface area contributed by atoms with Crippen molar-refractivity contribution < 1.29 is 19.2 Å². The van der Waals surface area contributed by atoms with Gasteiger partial charge < -0.3 is 20.1 Å². The van der Waals surface area contributed by atoms with Gasteiger partial charge in [0.05, 0.1) is 19.9 Å². The van der Waals surface area contributed by atoms with E-state index in [2.05, 4.69) is 36.4 Å². The first kappa shape index (κ1) is 24.8. The first-order valence-corrected chi connectivity index (χ1v) is 9.79. The largest absolute Gasteiger partial charge is 0.493 e. The van der Waals surface area contributed by atoms with Gasteiger partial charge in [0.1, 0.15) is 12.2 Å². The van der Waals surface area contributed by atoms with Crippen LogP contribution < -0.4 is 32.0 Å². The number of hydrogen-bond acceptors (Lipinski definition) is 9. The van der Waals surface area contributed by atoms with Gasteiger partial charge in [-0.2, -0.15) is 10.2 Å². The molecule has 12 heteroatoms. The number of hydrazone groups is 1. The summed E-state index contributed by atoms with van der Waals surface area (Å²) in [5, 5.41) is 14.8. The monoisotopic (exact) mass is 454 g/mol. The molecule has 0 fully saturated rings. The fraction of sp³-hybridized carbons (Fsp3) is 0.190. The molecule has 0 aliphatic carbocycles. The normalized spacial score (nSPS) is 12.1. The summed E-state index contributed by atoms with van der Waals surface area (Å²) in [6.07, 6.45) is 3.07. The van der Waals surface area contributed by atoms with E-state index < -0.39 is 5.91 Å². The van der Waals surface area contributed by atoms with Gasteiger partial charge >= 0.3 is 0 Å². The van der Waals surface area contributed by atoms with Crippen LogP contribution in [0.1, 0.15) is 18.1 Å². The van der Waals surface area contributed by atoms with Crippen molar-refractivity contribution in [3.63, 3.8) is 0 Å². The molecule has 0 aliphatic rings. The summed E-state index contributed by atoms with van der Waals surface area (Å²) < 4.78 is 10.8. The molecule has 174 valence electrons. The number of amidine groups is 1. The van der Waals surface area contributed by atoms with E-state index in [1.165, 1.54) is 6.21 Å². The maximum absolute atomic E-state index is 12.7. The van der Waals surface area contributed by atoms with Gasteiger partial charge in [0.2, 0.25) is 0 Å². The van der Waals surface area contributed by atoms with Crippen molar-refractivity contribution in [3.05, 3.63) is 65.4 Å². The van der Waals surface area contributed by atoms with Crippen molar-refractivity contribution in [2.24, 2.45) is 32.2 Å². The Morgan fingerprint density at radius 1 is 1.09 bits per heavy atom. The van der Waals surface area contributed by atoms with Gasteiger partial charge in [0, 0.05) is 0 Å². The minimum Gasteiger partial charge on any atom is -0.493 e. The summed E-state index contributed by atoms with van der Waals surface area (Å²) in [5.74, 6) is 5.43. The van der Waals surface area contributed by atoms with Crippen LogP contribution in [0.5, 0.6) is 11.5 Å². The van der Waals surface area contributed by atoms with Crippen LogP contribution in [0.2, 0.25) is 0 Å². The molecule has 33 heavy (non-hydrogen) atoms. The molecule has 0 heterocycles.